The predicted molar refractivity (Wildman–Crippen MR) is 53.1 cm³/mol. The maximum Gasteiger partial charge on any atom is 0.0259 e. The summed E-state index contributed by atoms with van der Waals surface area (Å²) in [6.07, 6.45) is 12.0. The van der Waals surface area contributed by atoms with Crippen molar-refractivity contribution in [3.63, 3.8) is 0 Å². The fourth-order valence-electron chi connectivity index (χ4n) is 1.52. The molecular formula is C10H8Cl2. The predicted octanol–water partition coefficient (Wildman–Crippen LogP) is 3.60. The monoisotopic (exact) mass is 198 g/mol. The smallest absolute Gasteiger partial charge is 0.0259 e. The molecule has 0 heterocycles. The third-order valence-electron chi connectivity index (χ3n) is 2.17. The molecule has 2 aliphatic carbocycles. The Kier molecular flexibility index (Phi) is 2.12. The molecule has 0 fully saturated rings. The van der Waals surface area contributed by atoms with Crippen LogP contribution in [0.3, 0.4) is 0 Å². The molecule has 0 radical (unpaired) electrons. The molecule has 2 atom stereocenters. The second kappa shape index (κ2) is 3.12. The quantitative estimate of drug-likeness (QED) is 0.605. The summed E-state index contributed by atoms with van der Waals surface area (Å²) >= 11 is 12.0. The first-order valence-electron chi connectivity index (χ1n) is 3.87. The summed E-state index contributed by atoms with van der Waals surface area (Å²) in [6.45, 7) is 0. The van der Waals surface area contributed by atoms with Crippen molar-refractivity contribution in [3.8, 4) is 0 Å². The van der Waals surface area contributed by atoms with Crippen molar-refractivity contribution in [1.82, 2.24) is 0 Å². The molecule has 0 nitrogen and oxygen atoms in total. The third kappa shape index (κ3) is 1.26. The van der Waals surface area contributed by atoms with Crippen LogP contribution in [0, 0.1) is 11.8 Å². The van der Waals surface area contributed by atoms with Gasteiger partial charge in [0.2, 0.25) is 0 Å². The lowest BCUT2D eigenvalue weighted by atomic mass is 9.95. The number of rotatable bonds is 1. The fraction of sp³-hybridized carbons (Fsp3) is 0.200. The second-order valence-corrected chi connectivity index (χ2v) is 3.80. The van der Waals surface area contributed by atoms with Gasteiger partial charge in [-0.1, -0.05) is 47.5 Å². The Balaban J connectivity index is 2.21. The highest BCUT2D eigenvalue weighted by Crippen LogP contribution is 2.38. The SMILES string of the molecule is ClC1=CC=CC1C1C=CC=C1Cl. The lowest BCUT2D eigenvalue weighted by Gasteiger charge is -2.15. The van der Waals surface area contributed by atoms with Crippen LogP contribution in [-0.2, 0) is 0 Å². The Morgan fingerprint density at radius 3 is 1.50 bits per heavy atom. The van der Waals surface area contributed by atoms with Crippen LogP contribution >= 0.6 is 23.2 Å². The highest BCUT2D eigenvalue weighted by Gasteiger charge is 2.25. The van der Waals surface area contributed by atoms with E-state index in [0.29, 0.717) is 0 Å². The van der Waals surface area contributed by atoms with Crippen LogP contribution < -0.4 is 0 Å². The summed E-state index contributed by atoms with van der Waals surface area (Å²) < 4.78 is 0. The van der Waals surface area contributed by atoms with Crippen molar-refractivity contribution in [2.24, 2.45) is 11.8 Å². The van der Waals surface area contributed by atoms with Crippen LogP contribution in [0.25, 0.3) is 0 Å². The minimum absolute atomic E-state index is 0.258. The van der Waals surface area contributed by atoms with Crippen molar-refractivity contribution in [1.29, 1.82) is 0 Å². The van der Waals surface area contributed by atoms with Crippen molar-refractivity contribution in [2.75, 3.05) is 0 Å². The highest BCUT2D eigenvalue weighted by atomic mass is 35.5. The van der Waals surface area contributed by atoms with Gasteiger partial charge in [-0.25, -0.2) is 0 Å². The molecule has 0 N–H and O–H groups in total. The average Bonchev–Trinajstić information content (AvgIpc) is 2.59. The van der Waals surface area contributed by atoms with Gasteiger partial charge in [0.05, 0.1) is 0 Å². The van der Waals surface area contributed by atoms with Gasteiger partial charge in [-0.05, 0) is 12.2 Å². The number of hydrogen-bond donors (Lipinski definition) is 0. The van der Waals surface area contributed by atoms with E-state index >= 15 is 0 Å². The zero-order valence-corrected chi connectivity index (χ0v) is 7.89. The topological polar surface area (TPSA) is 0 Å². The van der Waals surface area contributed by atoms with Crippen molar-refractivity contribution >= 4 is 23.2 Å². The van der Waals surface area contributed by atoms with Crippen molar-refractivity contribution in [2.45, 2.75) is 0 Å². The zero-order valence-electron chi connectivity index (χ0n) is 6.37. The summed E-state index contributed by atoms with van der Waals surface area (Å²) in [5.41, 5.74) is 0. The van der Waals surface area contributed by atoms with Crippen LogP contribution in [-0.4, -0.2) is 0 Å². The summed E-state index contributed by atoms with van der Waals surface area (Å²) in [7, 11) is 0. The summed E-state index contributed by atoms with van der Waals surface area (Å²) in [5.74, 6) is 0.517. The molecule has 0 amide bonds. The van der Waals surface area contributed by atoms with Gasteiger partial charge < -0.3 is 0 Å². The van der Waals surface area contributed by atoms with Gasteiger partial charge in [0.25, 0.3) is 0 Å². The first-order valence-corrected chi connectivity index (χ1v) is 4.62. The maximum atomic E-state index is 6.00. The average molecular weight is 199 g/mol. The van der Waals surface area contributed by atoms with E-state index in [1.807, 2.05) is 24.3 Å². The normalized spacial score (nSPS) is 32.5. The minimum Gasteiger partial charge on any atom is -0.0885 e. The molecule has 0 aromatic heterocycles. The Morgan fingerprint density at radius 1 is 0.833 bits per heavy atom. The molecular weight excluding hydrogens is 191 g/mol. The van der Waals surface area contributed by atoms with E-state index in [1.165, 1.54) is 0 Å². The molecule has 0 saturated carbocycles. The summed E-state index contributed by atoms with van der Waals surface area (Å²) in [5, 5.41) is 1.75. The van der Waals surface area contributed by atoms with E-state index in [2.05, 4.69) is 12.2 Å². The van der Waals surface area contributed by atoms with Crippen LogP contribution in [0.2, 0.25) is 0 Å². The molecule has 2 unspecified atom stereocenters. The van der Waals surface area contributed by atoms with Crippen LogP contribution in [0.4, 0.5) is 0 Å². The second-order valence-electron chi connectivity index (χ2n) is 2.92. The standard InChI is InChI=1S/C10H8Cl2/c11-9-5-1-3-7(9)8-4-2-6-10(8)12/h1-8H. The molecule has 62 valence electrons. The Labute approximate surface area is 81.9 Å². The maximum absolute atomic E-state index is 6.00. The van der Waals surface area contributed by atoms with E-state index in [1.54, 1.807) is 0 Å². The van der Waals surface area contributed by atoms with Crippen molar-refractivity contribution in [3.05, 3.63) is 46.5 Å². The summed E-state index contributed by atoms with van der Waals surface area (Å²) in [4.78, 5) is 0. The van der Waals surface area contributed by atoms with E-state index in [0.717, 1.165) is 10.1 Å². The van der Waals surface area contributed by atoms with E-state index < -0.39 is 0 Å². The lowest BCUT2D eigenvalue weighted by molar-refractivity contribution is 0.669. The Hall–Kier alpha value is -0.460. The van der Waals surface area contributed by atoms with Gasteiger partial charge in [-0.15, -0.1) is 0 Å². The van der Waals surface area contributed by atoms with Gasteiger partial charge in [0, 0.05) is 21.9 Å². The number of hydrogen-bond acceptors (Lipinski definition) is 0. The summed E-state index contributed by atoms with van der Waals surface area (Å²) in [6, 6.07) is 0. The molecule has 0 aliphatic heterocycles. The van der Waals surface area contributed by atoms with E-state index in [-0.39, 0.29) is 11.8 Å². The third-order valence-corrected chi connectivity index (χ3v) is 2.93. The molecule has 12 heavy (non-hydrogen) atoms. The van der Waals surface area contributed by atoms with Crippen LogP contribution in [0.15, 0.2) is 46.5 Å². The molecule has 0 bridgehead atoms. The molecule has 2 rings (SSSR count). The Bertz CT molecular complexity index is 276. The molecule has 2 heteroatoms. The molecule has 0 spiro atoms. The molecule has 0 aromatic carbocycles. The van der Waals surface area contributed by atoms with Gasteiger partial charge in [0.15, 0.2) is 0 Å². The number of allylic oxidation sites excluding steroid dienone is 8. The Morgan fingerprint density at radius 2 is 1.25 bits per heavy atom. The highest BCUT2D eigenvalue weighted by molar-refractivity contribution is 6.32. The first kappa shape index (κ1) is 8.15. The van der Waals surface area contributed by atoms with Gasteiger partial charge in [-0.3, -0.25) is 0 Å². The molecule has 0 saturated heterocycles. The van der Waals surface area contributed by atoms with Gasteiger partial charge in [-0.2, -0.15) is 0 Å². The van der Waals surface area contributed by atoms with Crippen LogP contribution in [0.1, 0.15) is 0 Å². The first-order chi connectivity index (χ1) is 5.79. The largest absolute Gasteiger partial charge is 0.0885 e. The lowest BCUT2D eigenvalue weighted by Crippen LogP contribution is -2.07. The van der Waals surface area contributed by atoms with Crippen LogP contribution in [0.5, 0.6) is 0 Å². The van der Waals surface area contributed by atoms with Crippen molar-refractivity contribution < 1.29 is 0 Å². The van der Waals surface area contributed by atoms with Gasteiger partial charge in [0.1, 0.15) is 0 Å². The molecule has 0 aromatic rings. The van der Waals surface area contributed by atoms with E-state index in [4.69, 9.17) is 23.2 Å². The zero-order chi connectivity index (χ0) is 8.55. The van der Waals surface area contributed by atoms with Gasteiger partial charge >= 0.3 is 0 Å². The van der Waals surface area contributed by atoms with E-state index in [9.17, 15) is 0 Å². The fourth-order valence-corrected chi connectivity index (χ4v) is 2.09. The molecule has 2 aliphatic rings. The number of halogens is 2. The minimum atomic E-state index is 0.258.